The van der Waals surface area contributed by atoms with Crippen LogP contribution in [0.1, 0.15) is 25.8 Å². The van der Waals surface area contributed by atoms with Crippen molar-refractivity contribution in [1.82, 2.24) is 15.1 Å². The van der Waals surface area contributed by atoms with Gasteiger partial charge in [-0.3, -0.25) is 9.69 Å². The average molecular weight is 434 g/mol. The van der Waals surface area contributed by atoms with Crippen LogP contribution in [0.2, 0.25) is 0 Å². The van der Waals surface area contributed by atoms with E-state index in [-0.39, 0.29) is 5.91 Å². The third-order valence-corrected chi connectivity index (χ3v) is 5.86. The van der Waals surface area contributed by atoms with E-state index in [9.17, 15) is 4.79 Å². The fraction of sp³-hybridized carbons (Fsp3) is 0.346. The lowest BCUT2D eigenvalue weighted by atomic mass is 10.0. The Morgan fingerprint density at radius 3 is 2.59 bits per heavy atom. The SMILES string of the molecule is COc1ccc(C2=C\C(=O)N3C=C(N4CC[C@H](NC(C)C)C4)C=C\C3=C/C=C/2)cc1OC. The third kappa shape index (κ3) is 4.65. The number of hydrogen-bond donors (Lipinski definition) is 1. The smallest absolute Gasteiger partial charge is 0.255 e. The highest BCUT2D eigenvalue weighted by atomic mass is 16.5. The summed E-state index contributed by atoms with van der Waals surface area (Å²) in [5.74, 6) is 1.21. The molecule has 1 N–H and O–H groups in total. The fourth-order valence-corrected chi connectivity index (χ4v) is 4.31. The Morgan fingerprint density at radius 1 is 1.06 bits per heavy atom. The molecule has 0 spiro atoms. The lowest BCUT2D eigenvalue weighted by Crippen LogP contribution is -2.37. The number of nitrogens with zero attached hydrogens (tertiary/aromatic N) is 2. The van der Waals surface area contributed by atoms with Gasteiger partial charge in [0.2, 0.25) is 0 Å². The Labute approximate surface area is 190 Å². The molecule has 0 unspecified atom stereocenters. The molecule has 1 atom stereocenters. The summed E-state index contributed by atoms with van der Waals surface area (Å²) in [5.41, 5.74) is 3.63. The van der Waals surface area contributed by atoms with Crippen molar-refractivity contribution in [3.05, 3.63) is 77.8 Å². The molecule has 3 heterocycles. The monoisotopic (exact) mass is 433 g/mol. The first-order chi connectivity index (χ1) is 15.5. The van der Waals surface area contributed by atoms with Crippen molar-refractivity contribution in [2.24, 2.45) is 0 Å². The number of carbonyl (C=O) groups excluding carboxylic acids is 1. The first-order valence-electron chi connectivity index (χ1n) is 11.0. The minimum Gasteiger partial charge on any atom is -0.493 e. The minimum atomic E-state index is -0.0803. The van der Waals surface area contributed by atoms with E-state index in [2.05, 4.69) is 30.1 Å². The first-order valence-corrected chi connectivity index (χ1v) is 11.0. The quantitative estimate of drug-likeness (QED) is 0.739. The molecule has 0 bridgehead atoms. The van der Waals surface area contributed by atoms with E-state index >= 15 is 0 Å². The van der Waals surface area contributed by atoms with Crippen molar-refractivity contribution in [3.63, 3.8) is 0 Å². The predicted octanol–water partition coefficient (Wildman–Crippen LogP) is 3.85. The van der Waals surface area contributed by atoms with Crippen LogP contribution in [0.3, 0.4) is 0 Å². The second-order valence-corrected chi connectivity index (χ2v) is 8.47. The second-order valence-electron chi connectivity index (χ2n) is 8.47. The van der Waals surface area contributed by atoms with E-state index in [1.165, 1.54) is 0 Å². The number of hydrogen-bond acceptors (Lipinski definition) is 5. The van der Waals surface area contributed by atoms with Crippen molar-refractivity contribution in [1.29, 1.82) is 0 Å². The summed E-state index contributed by atoms with van der Waals surface area (Å²) in [6.07, 6.45) is 14.7. The van der Waals surface area contributed by atoms with Crippen molar-refractivity contribution >= 4 is 11.5 Å². The van der Waals surface area contributed by atoms with Crippen LogP contribution in [0.5, 0.6) is 11.5 Å². The molecule has 0 aromatic heterocycles. The minimum absolute atomic E-state index is 0.0803. The number of likely N-dealkylation sites (tertiary alicyclic amines) is 1. The van der Waals surface area contributed by atoms with Gasteiger partial charge in [-0.1, -0.05) is 32.1 Å². The van der Waals surface area contributed by atoms with Crippen LogP contribution in [0, 0.1) is 0 Å². The maximum Gasteiger partial charge on any atom is 0.255 e. The molecule has 0 radical (unpaired) electrons. The number of amides is 1. The van der Waals surface area contributed by atoms with Gasteiger partial charge in [0.1, 0.15) is 0 Å². The van der Waals surface area contributed by atoms with Gasteiger partial charge in [0, 0.05) is 43.1 Å². The standard InChI is InChI=1S/C26H31N3O3/c1-18(2)27-21-12-13-28(16-21)23-10-9-22-7-5-6-19(15-26(30)29(22)17-23)20-8-11-24(31-3)25(14-20)32-4/h5-11,14-15,17-18,21,27H,12-13,16H2,1-4H3/b6-5+,19-15+,22-7+/t21-/m0/s1. The summed E-state index contributed by atoms with van der Waals surface area (Å²) in [5, 5.41) is 3.61. The van der Waals surface area contributed by atoms with Crippen LogP contribution in [-0.2, 0) is 4.79 Å². The number of rotatable bonds is 6. The molecule has 3 aliphatic rings. The van der Waals surface area contributed by atoms with Crippen LogP contribution >= 0.6 is 0 Å². The average Bonchev–Trinajstić information content (AvgIpc) is 3.24. The normalized spacial score (nSPS) is 24.7. The maximum atomic E-state index is 13.2. The van der Waals surface area contributed by atoms with Crippen molar-refractivity contribution < 1.29 is 14.3 Å². The van der Waals surface area contributed by atoms with Crippen molar-refractivity contribution in [2.75, 3.05) is 27.3 Å². The number of carbonyl (C=O) groups is 1. The second kappa shape index (κ2) is 9.49. The van der Waals surface area contributed by atoms with E-state index in [0.29, 0.717) is 23.6 Å². The number of methoxy groups -OCH3 is 2. The van der Waals surface area contributed by atoms with Gasteiger partial charge in [0.25, 0.3) is 5.91 Å². The molecule has 6 heteroatoms. The molecule has 1 aromatic rings. The van der Waals surface area contributed by atoms with Crippen LogP contribution in [0.25, 0.3) is 5.57 Å². The fourth-order valence-electron chi connectivity index (χ4n) is 4.31. The van der Waals surface area contributed by atoms with E-state index in [1.807, 2.05) is 48.7 Å². The summed E-state index contributed by atoms with van der Waals surface area (Å²) in [7, 11) is 3.22. The topological polar surface area (TPSA) is 54.0 Å². The van der Waals surface area contributed by atoms with Crippen LogP contribution in [-0.4, -0.2) is 55.1 Å². The van der Waals surface area contributed by atoms with Gasteiger partial charge in [-0.2, -0.15) is 0 Å². The zero-order valence-electron chi connectivity index (χ0n) is 19.2. The van der Waals surface area contributed by atoms with Gasteiger partial charge in [-0.15, -0.1) is 0 Å². The molecule has 3 aliphatic heterocycles. The van der Waals surface area contributed by atoms with Crippen LogP contribution < -0.4 is 14.8 Å². The van der Waals surface area contributed by atoms with Crippen LogP contribution in [0.4, 0.5) is 0 Å². The Morgan fingerprint density at radius 2 is 1.84 bits per heavy atom. The number of ether oxygens (including phenoxy) is 2. The summed E-state index contributed by atoms with van der Waals surface area (Å²) < 4.78 is 10.8. The molecule has 168 valence electrons. The molecule has 0 aliphatic carbocycles. The van der Waals surface area contributed by atoms with Crippen molar-refractivity contribution in [2.45, 2.75) is 32.4 Å². The zero-order chi connectivity index (χ0) is 22.7. The number of benzene rings is 1. The predicted molar refractivity (Wildman–Crippen MR) is 127 cm³/mol. The van der Waals surface area contributed by atoms with E-state index in [4.69, 9.17) is 9.47 Å². The zero-order valence-corrected chi connectivity index (χ0v) is 19.2. The number of fused-ring (bicyclic) bond motifs is 1. The molecule has 4 rings (SSSR count). The van der Waals surface area contributed by atoms with Gasteiger partial charge in [-0.05, 0) is 47.9 Å². The highest BCUT2D eigenvalue weighted by Gasteiger charge is 2.26. The lowest BCUT2D eigenvalue weighted by Gasteiger charge is -2.29. The Kier molecular flexibility index (Phi) is 6.51. The number of nitrogens with one attached hydrogen (secondary N) is 1. The highest BCUT2D eigenvalue weighted by molar-refractivity contribution is 6.00. The maximum absolute atomic E-state index is 13.2. The van der Waals surface area contributed by atoms with Crippen LogP contribution in [0.15, 0.2) is 72.2 Å². The van der Waals surface area contributed by atoms with Gasteiger partial charge in [0.05, 0.1) is 19.9 Å². The summed E-state index contributed by atoms with van der Waals surface area (Å²) in [4.78, 5) is 17.3. The Balaban J connectivity index is 1.58. The third-order valence-electron chi connectivity index (χ3n) is 5.86. The molecule has 1 fully saturated rings. The Hall–Kier alpha value is -3.25. The van der Waals surface area contributed by atoms with E-state index < -0.39 is 0 Å². The molecule has 32 heavy (non-hydrogen) atoms. The van der Waals surface area contributed by atoms with Crippen molar-refractivity contribution in [3.8, 4) is 11.5 Å². The van der Waals surface area contributed by atoms with E-state index in [0.717, 1.165) is 42.0 Å². The molecular formula is C26H31N3O3. The Bertz CT molecular complexity index is 1030. The largest absolute Gasteiger partial charge is 0.493 e. The first kappa shape index (κ1) is 22.0. The summed E-state index contributed by atoms with van der Waals surface area (Å²) in [6, 6.07) is 6.61. The highest BCUT2D eigenvalue weighted by Crippen LogP contribution is 2.32. The van der Waals surface area contributed by atoms with Gasteiger partial charge >= 0.3 is 0 Å². The van der Waals surface area contributed by atoms with Gasteiger partial charge < -0.3 is 19.7 Å². The summed E-state index contributed by atoms with van der Waals surface area (Å²) in [6.45, 7) is 6.28. The molecule has 1 saturated heterocycles. The number of allylic oxidation sites excluding steroid dienone is 6. The van der Waals surface area contributed by atoms with Gasteiger partial charge in [-0.25, -0.2) is 0 Å². The lowest BCUT2D eigenvalue weighted by molar-refractivity contribution is -0.122. The molecule has 1 amide bonds. The molecular weight excluding hydrogens is 402 g/mol. The van der Waals surface area contributed by atoms with Gasteiger partial charge in [0.15, 0.2) is 11.5 Å². The molecule has 1 aromatic carbocycles. The molecule has 0 saturated carbocycles. The van der Waals surface area contributed by atoms with E-state index in [1.54, 1.807) is 25.2 Å². The molecule has 6 nitrogen and oxygen atoms in total. The summed E-state index contributed by atoms with van der Waals surface area (Å²) >= 11 is 0.